The molecule has 170 valence electrons. The Morgan fingerprint density at radius 2 is 1.84 bits per heavy atom. The molecule has 0 spiro atoms. The van der Waals surface area contributed by atoms with Gasteiger partial charge in [-0.25, -0.2) is 4.39 Å². The number of halogens is 1. The van der Waals surface area contributed by atoms with Gasteiger partial charge < -0.3 is 22.1 Å². The molecule has 0 bridgehead atoms. The van der Waals surface area contributed by atoms with Crippen molar-refractivity contribution >= 4 is 28.4 Å². The lowest BCUT2D eigenvalue weighted by molar-refractivity contribution is -0.125. The summed E-state index contributed by atoms with van der Waals surface area (Å²) in [5.74, 6) is -0.848. The SMILES string of the molecule is CCc1ccc(F)cc1.NCCC[C@H](N)C(=O)NCC(=O)Nc1cnc2ccccc2c1. The number of para-hydroxylation sites is 1. The number of nitrogens with zero attached hydrogens (tertiary/aromatic N) is 1. The minimum atomic E-state index is -0.645. The van der Waals surface area contributed by atoms with Crippen LogP contribution in [0.1, 0.15) is 25.3 Å². The Labute approximate surface area is 187 Å². The van der Waals surface area contributed by atoms with Gasteiger partial charge in [-0.15, -0.1) is 0 Å². The summed E-state index contributed by atoms with van der Waals surface area (Å²) in [4.78, 5) is 27.8. The molecule has 0 fully saturated rings. The summed E-state index contributed by atoms with van der Waals surface area (Å²) >= 11 is 0. The van der Waals surface area contributed by atoms with E-state index in [0.29, 0.717) is 25.1 Å². The highest BCUT2D eigenvalue weighted by molar-refractivity contribution is 5.96. The molecule has 0 radical (unpaired) electrons. The van der Waals surface area contributed by atoms with E-state index < -0.39 is 6.04 Å². The molecule has 0 unspecified atom stereocenters. The average molecular weight is 440 g/mol. The quantitative estimate of drug-likeness (QED) is 0.430. The lowest BCUT2D eigenvalue weighted by atomic mass is 10.1. The molecule has 2 aromatic carbocycles. The molecule has 1 atom stereocenters. The van der Waals surface area contributed by atoms with E-state index in [4.69, 9.17) is 11.5 Å². The maximum absolute atomic E-state index is 12.2. The van der Waals surface area contributed by atoms with Crippen molar-refractivity contribution in [1.82, 2.24) is 10.3 Å². The van der Waals surface area contributed by atoms with Crippen molar-refractivity contribution in [3.8, 4) is 0 Å². The van der Waals surface area contributed by atoms with Gasteiger partial charge in [-0.2, -0.15) is 0 Å². The second-order valence-corrected chi connectivity index (χ2v) is 7.20. The molecule has 1 heterocycles. The molecule has 3 rings (SSSR count). The molecule has 0 saturated heterocycles. The number of aryl methyl sites for hydroxylation is 1. The van der Waals surface area contributed by atoms with Gasteiger partial charge in [0, 0.05) is 5.39 Å². The van der Waals surface area contributed by atoms with Gasteiger partial charge in [0.15, 0.2) is 0 Å². The Hall–Kier alpha value is -3.36. The van der Waals surface area contributed by atoms with Crippen molar-refractivity contribution in [1.29, 1.82) is 0 Å². The smallest absolute Gasteiger partial charge is 0.243 e. The zero-order valence-corrected chi connectivity index (χ0v) is 18.2. The number of carbonyl (C=O) groups is 2. The summed E-state index contributed by atoms with van der Waals surface area (Å²) in [7, 11) is 0. The molecule has 8 heteroatoms. The third kappa shape index (κ3) is 8.41. The summed E-state index contributed by atoms with van der Waals surface area (Å²) in [5, 5.41) is 6.13. The van der Waals surface area contributed by atoms with Gasteiger partial charge in [0.05, 0.1) is 30.0 Å². The number of benzene rings is 2. The van der Waals surface area contributed by atoms with Crippen molar-refractivity contribution in [2.45, 2.75) is 32.2 Å². The van der Waals surface area contributed by atoms with E-state index in [1.165, 1.54) is 17.7 Å². The Morgan fingerprint density at radius 1 is 1.12 bits per heavy atom. The number of amides is 2. The van der Waals surface area contributed by atoms with Crippen LogP contribution < -0.4 is 22.1 Å². The third-order valence-electron chi connectivity index (χ3n) is 4.67. The van der Waals surface area contributed by atoms with Crippen LogP contribution in [0.2, 0.25) is 0 Å². The topological polar surface area (TPSA) is 123 Å². The van der Waals surface area contributed by atoms with Crippen molar-refractivity contribution in [2.24, 2.45) is 11.5 Å². The number of hydrogen-bond donors (Lipinski definition) is 4. The average Bonchev–Trinajstić information content (AvgIpc) is 2.81. The van der Waals surface area contributed by atoms with Crippen LogP contribution in [0.4, 0.5) is 10.1 Å². The van der Waals surface area contributed by atoms with E-state index in [1.807, 2.05) is 37.3 Å². The monoisotopic (exact) mass is 439 g/mol. The van der Waals surface area contributed by atoms with E-state index in [2.05, 4.69) is 15.6 Å². The zero-order valence-electron chi connectivity index (χ0n) is 18.2. The Morgan fingerprint density at radius 3 is 2.53 bits per heavy atom. The number of nitrogens with one attached hydrogen (secondary N) is 2. The molecular formula is C24H30FN5O2. The lowest BCUT2D eigenvalue weighted by Crippen LogP contribution is -2.43. The van der Waals surface area contributed by atoms with E-state index >= 15 is 0 Å². The van der Waals surface area contributed by atoms with Gasteiger partial charge in [0.25, 0.3) is 0 Å². The molecule has 3 aromatic rings. The standard InChI is InChI=1S/C16H21N5O2.C8H9F/c17-7-3-5-13(18)16(23)20-10-15(22)21-12-8-11-4-1-2-6-14(11)19-9-12;1-2-7-3-5-8(9)6-4-7/h1-2,4,6,8-9,13H,3,5,7,10,17-18H2,(H,20,23)(H,21,22);3-6H,2H2,1H3/t13-;/m0./s1. The van der Waals surface area contributed by atoms with E-state index in [9.17, 15) is 14.0 Å². The number of aromatic nitrogens is 1. The van der Waals surface area contributed by atoms with E-state index in [-0.39, 0.29) is 24.2 Å². The second kappa shape index (κ2) is 13.1. The van der Waals surface area contributed by atoms with Crippen molar-refractivity contribution in [2.75, 3.05) is 18.4 Å². The van der Waals surface area contributed by atoms with Gasteiger partial charge in [0.2, 0.25) is 11.8 Å². The first-order chi connectivity index (χ1) is 15.4. The Balaban J connectivity index is 0.000000336. The molecular weight excluding hydrogens is 409 g/mol. The predicted molar refractivity (Wildman–Crippen MR) is 125 cm³/mol. The van der Waals surface area contributed by atoms with E-state index in [1.54, 1.807) is 18.3 Å². The maximum atomic E-state index is 12.2. The molecule has 1 aromatic heterocycles. The molecule has 0 aliphatic carbocycles. The van der Waals surface area contributed by atoms with Gasteiger partial charge in [-0.05, 0) is 55.6 Å². The second-order valence-electron chi connectivity index (χ2n) is 7.20. The summed E-state index contributed by atoms with van der Waals surface area (Å²) < 4.78 is 12.2. The number of nitrogens with two attached hydrogens (primary N) is 2. The van der Waals surface area contributed by atoms with Crippen molar-refractivity contribution in [3.63, 3.8) is 0 Å². The van der Waals surface area contributed by atoms with Crippen LogP contribution in [0.3, 0.4) is 0 Å². The minimum absolute atomic E-state index is 0.137. The number of anilines is 1. The Kier molecular flexibility index (Phi) is 10.2. The third-order valence-corrected chi connectivity index (χ3v) is 4.67. The highest BCUT2D eigenvalue weighted by Gasteiger charge is 2.13. The largest absolute Gasteiger partial charge is 0.346 e. The molecule has 6 N–H and O–H groups in total. The summed E-state index contributed by atoms with van der Waals surface area (Å²) in [5.41, 5.74) is 13.7. The highest BCUT2D eigenvalue weighted by Crippen LogP contribution is 2.15. The highest BCUT2D eigenvalue weighted by atomic mass is 19.1. The summed E-state index contributed by atoms with van der Waals surface area (Å²) in [6.45, 7) is 2.39. The molecule has 7 nitrogen and oxygen atoms in total. The molecule has 32 heavy (non-hydrogen) atoms. The molecule has 0 aliphatic rings. The van der Waals surface area contributed by atoms with Crippen LogP contribution in [-0.2, 0) is 16.0 Å². The minimum Gasteiger partial charge on any atom is -0.346 e. The summed E-state index contributed by atoms with van der Waals surface area (Å²) in [6.07, 6.45) is 3.72. The first-order valence-corrected chi connectivity index (χ1v) is 10.6. The maximum Gasteiger partial charge on any atom is 0.243 e. The fraction of sp³-hybridized carbons (Fsp3) is 0.292. The number of pyridine rings is 1. The number of carbonyl (C=O) groups excluding carboxylic acids is 2. The van der Waals surface area contributed by atoms with Gasteiger partial charge in [-0.3, -0.25) is 14.6 Å². The van der Waals surface area contributed by atoms with Crippen molar-refractivity contribution in [3.05, 3.63) is 72.2 Å². The van der Waals surface area contributed by atoms with Crippen molar-refractivity contribution < 1.29 is 14.0 Å². The normalized spacial score (nSPS) is 11.2. The van der Waals surface area contributed by atoms with Crippen LogP contribution in [0.15, 0.2) is 60.8 Å². The summed E-state index contributed by atoms with van der Waals surface area (Å²) in [6, 6.07) is 15.4. The molecule has 0 saturated carbocycles. The molecule has 0 aliphatic heterocycles. The number of hydrogen-bond acceptors (Lipinski definition) is 5. The number of rotatable bonds is 8. The van der Waals surface area contributed by atoms with Crippen LogP contribution in [0.25, 0.3) is 10.9 Å². The first kappa shape index (κ1) is 24.9. The fourth-order valence-corrected chi connectivity index (χ4v) is 2.83. The van der Waals surface area contributed by atoms with Crippen LogP contribution >= 0.6 is 0 Å². The first-order valence-electron chi connectivity index (χ1n) is 10.6. The van der Waals surface area contributed by atoms with Gasteiger partial charge in [0.1, 0.15) is 5.82 Å². The van der Waals surface area contributed by atoms with Crippen LogP contribution in [0.5, 0.6) is 0 Å². The van der Waals surface area contributed by atoms with Gasteiger partial charge in [-0.1, -0.05) is 37.3 Å². The van der Waals surface area contributed by atoms with E-state index in [0.717, 1.165) is 17.3 Å². The lowest BCUT2D eigenvalue weighted by Gasteiger charge is -2.12. The fourth-order valence-electron chi connectivity index (χ4n) is 2.83. The molecule has 2 amide bonds. The van der Waals surface area contributed by atoms with Crippen LogP contribution in [0, 0.1) is 5.82 Å². The van der Waals surface area contributed by atoms with Crippen LogP contribution in [-0.4, -0.2) is 35.9 Å². The van der Waals surface area contributed by atoms with Gasteiger partial charge >= 0.3 is 0 Å². The zero-order chi connectivity index (χ0) is 23.3. The number of fused-ring (bicyclic) bond motifs is 1. The predicted octanol–water partition coefficient (Wildman–Crippen LogP) is 2.74. The Bertz CT molecular complexity index is 1010.